The van der Waals surface area contributed by atoms with Crippen LogP contribution in [-0.4, -0.2) is 21.8 Å². The minimum Gasteiger partial charge on any atom is -0.475 e. The summed E-state index contributed by atoms with van der Waals surface area (Å²) in [4.78, 5) is 24.1. The van der Waals surface area contributed by atoms with E-state index in [-0.39, 0.29) is 5.56 Å². The molecule has 0 fully saturated rings. The van der Waals surface area contributed by atoms with E-state index < -0.39 is 17.6 Å². The molecular formula is C7H4FNO3. The number of Topliss-reactive ketones (excluding diaryl/α,β-unsaturated/α-hetero) is 1. The number of carbonyl (C=O) groups is 2. The Morgan fingerprint density at radius 3 is 2.58 bits per heavy atom. The standard InChI is InChI=1S/C7H4FNO3/c8-5-1-4(2-9-3-5)6(10)7(11)12/h1-3H,(H,11,12). The van der Waals surface area contributed by atoms with Gasteiger partial charge >= 0.3 is 5.97 Å². The highest BCUT2D eigenvalue weighted by molar-refractivity contribution is 6.39. The van der Waals surface area contributed by atoms with Gasteiger partial charge in [-0.2, -0.15) is 0 Å². The van der Waals surface area contributed by atoms with Gasteiger partial charge in [-0.15, -0.1) is 0 Å². The zero-order chi connectivity index (χ0) is 9.14. The lowest BCUT2D eigenvalue weighted by molar-refractivity contribution is -0.131. The predicted octanol–water partition coefficient (Wildman–Crippen LogP) is 0.488. The van der Waals surface area contributed by atoms with Crippen molar-refractivity contribution in [2.24, 2.45) is 0 Å². The fourth-order valence-electron chi connectivity index (χ4n) is 0.660. The van der Waals surface area contributed by atoms with Crippen LogP contribution < -0.4 is 0 Å². The van der Waals surface area contributed by atoms with Gasteiger partial charge in [-0.3, -0.25) is 9.78 Å². The Hall–Kier alpha value is -1.78. The molecule has 0 atom stereocenters. The van der Waals surface area contributed by atoms with Crippen LogP contribution in [0.4, 0.5) is 4.39 Å². The summed E-state index contributed by atoms with van der Waals surface area (Å²) in [6.45, 7) is 0. The summed E-state index contributed by atoms with van der Waals surface area (Å²) in [5.41, 5.74) is -0.262. The van der Waals surface area contributed by atoms with E-state index in [1.165, 1.54) is 0 Å². The molecule has 0 aliphatic rings. The molecule has 0 saturated carbocycles. The first kappa shape index (κ1) is 8.32. The largest absolute Gasteiger partial charge is 0.475 e. The number of halogens is 1. The van der Waals surface area contributed by atoms with Gasteiger partial charge in [-0.05, 0) is 6.07 Å². The van der Waals surface area contributed by atoms with E-state index in [1.807, 2.05) is 0 Å². The molecule has 0 unspecified atom stereocenters. The molecule has 0 radical (unpaired) electrons. The maximum absolute atomic E-state index is 12.4. The van der Waals surface area contributed by atoms with E-state index in [4.69, 9.17) is 5.11 Å². The molecule has 12 heavy (non-hydrogen) atoms. The molecule has 1 heterocycles. The number of aromatic nitrogens is 1. The quantitative estimate of drug-likeness (QED) is 0.516. The molecule has 62 valence electrons. The van der Waals surface area contributed by atoms with Crippen LogP contribution in [0.25, 0.3) is 0 Å². The number of hydrogen-bond donors (Lipinski definition) is 1. The van der Waals surface area contributed by atoms with Gasteiger partial charge in [0, 0.05) is 6.20 Å². The van der Waals surface area contributed by atoms with Crippen LogP contribution in [0.2, 0.25) is 0 Å². The summed E-state index contributed by atoms with van der Waals surface area (Å²) in [5.74, 6) is -3.52. The fraction of sp³-hybridized carbons (Fsp3) is 0. The molecule has 1 N–H and O–H groups in total. The molecule has 0 amide bonds. The summed E-state index contributed by atoms with van der Waals surface area (Å²) in [6.07, 6.45) is 1.89. The molecule has 0 aromatic carbocycles. The monoisotopic (exact) mass is 169 g/mol. The topological polar surface area (TPSA) is 67.3 Å². The van der Waals surface area contributed by atoms with Crippen molar-refractivity contribution in [2.45, 2.75) is 0 Å². The number of aliphatic carboxylic acids is 1. The zero-order valence-electron chi connectivity index (χ0n) is 5.82. The van der Waals surface area contributed by atoms with E-state index in [9.17, 15) is 14.0 Å². The lowest BCUT2D eigenvalue weighted by Gasteiger charge is -1.93. The minimum absolute atomic E-state index is 0.262. The Labute approximate surface area is 66.7 Å². The first-order valence-electron chi connectivity index (χ1n) is 2.99. The lowest BCUT2D eigenvalue weighted by atomic mass is 10.2. The van der Waals surface area contributed by atoms with Gasteiger partial charge in [0.2, 0.25) is 0 Å². The normalized spacial score (nSPS) is 9.42. The number of carboxylic acids is 1. The van der Waals surface area contributed by atoms with Crippen molar-refractivity contribution in [3.05, 3.63) is 29.8 Å². The molecule has 0 aliphatic heterocycles. The number of nitrogens with zero attached hydrogens (tertiary/aromatic N) is 1. The molecule has 1 aromatic heterocycles. The lowest BCUT2D eigenvalue weighted by Crippen LogP contribution is -2.12. The second-order valence-corrected chi connectivity index (χ2v) is 2.03. The average Bonchev–Trinajstić information content (AvgIpc) is 2.03. The van der Waals surface area contributed by atoms with Crippen molar-refractivity contribution in [3.8, 4) is 0 Å². The van der Waals surface area contributed by atoms with Gasteiger partial charge in [0.25, 0.3) is 5.78 Å². The third-order valence-corrected chi connectivity index (χ3v) is 1.16. The Kier molecular flexibility index (Phi) is 2.14. The second-order valence-electron chi connectivity index (χ2n) is 2.03. The number of carboxylic acid groups (broad SMARTS) is 1. The Morgan fingerprint density at radius 1 is 1.42 bits per heavy atom. The van der Waals surface area contributed by atoms with Crippen LogP contribution in [0.5, 0.6) is 0 Å². The number of ketones is 1. The zero-order valence-corrected chi connectivity index (χ0v) is 5.82. The van der Waals surface area contributed by atoms with Crippen LogP contribution in [0.15, 0.2) is 18.5 Å². The third-order valence-electron chi connectivity index (χ3n) is 1.16. The molecular weight excluding hydrogens is 165 g/mol. The highest BCUT2D eigenvalue weighted by atomic mass is 19.1. The van der Waals surface area contributed by atoms with Crippen molar-refractivity contribution in [2.75, 3.05) is 0 Å². The van der Waals surface area contributed by atoms with Crippen molar-refractivity contribution < 1.29 is 19.1 Å². The van der Waals surface area contributed by atoms with Crippen molar-refractivity contribution in [1.29, 1.82) is 0 Å². The molecule has 1 rings (SSSR count). The van der Waals surface area contributed by atoms with Crippen LogP contribution in [-0.2, 0) is 4.79 Å². The van der Waals surface area contributed by atoms with Crippen LogP contribution in [0.3, 0.4) is 0 Å². The number of carbonyl (C=O) groups excluding carboxylic acids is 1. The first-order valence-corrected chi connectivity index (χ1v) is 2.99. The molecule has 1 aromatic rings. The highest BCUT2D eigenvalue weighted by Crippen LogP contribution is 2.01. The summed E-state index contributed by atoms with van der Waals surface area (Å²) in [7, 11) is 0. The SMILES string of the molecule is O=C(O)C(=O)c1cncc(F)c1. The van der Waals surface area contributed by atoms with E-state index in [0.29, 0.717) is 0 Å². The maximum Gasteiger partial charge on any atom is 0.377 e. The summed E-state index contributed by atoms with van der Waals surface area (Å²) in [6, 6.07) is 0.823. The van der Waals surface area contributed by atoms with Gasteiger partial charge in [0.15, 0.2) is 0 Å². The molecule has 0 saturated heterocycles. The van der Waals surface area contributed by atoms with Gasteiger partial charge in [0.05, 0.1) is 11.8 Å². The van der Waals surface area contributed by atoms with E-state index in [0.717, 1.165) is 18.5 Å². The van der Waals surface area contributed by atoms with Gasteiger partial charge in [0.1, 0.15) is 5.82 Å². The molecule has 0 bridgehead atoms. The average molecular weight is 169 g/mol. The van der Waals surface area contributed by atoms with E-state index in [2.05, 4.69) is 4.98 Å². The van der Waals surface area contributed by atoms with E-state index >= 15 is 0 Å². The Balaban J connectivity index is 3.04. The third kappa shape index (κ3) is 1.63. The first-order chi connectivity index (χ1) is 5.61. The maximum atomic E-state index is 12.4. The van der Waals surface area contributed by atoms with Crippen LogP contribution in [0.1, 0.15) is 10.4 Å². The van der Waals surface area contributed by atoms with Gasteiger partial charge < -0.3 is 5.11 Å². The Bertz CT molecular complexity index is 337. The summed E-state index contributed by atoms with van der Waals surface area (Å²) < 4.78 is 12.4. The van der Waals surface area contributed by atoms with Gasteiger partial charge in [-0.1, -0.05) is 0 Å². The fourth-order valence-corrected chi connectivity index (χ4v) is 0.660. The number of hydrogen-bond acceptors (Lipinski definition) is 3. The van der Waals surface area contributed by atoms with Crippen LogP contribution >= 0.6 is 0 Å². The van der Waals surface area contributed by atoms with E-state index in [1.54, 1.807) is 0 Å². The minimum atomic E-state index is -1.62. The Morgan fingerprint density at radius 2 is 2.08 bits per heavy atom. The number of pyridine rings is 1. The predicted molar refractivity (Wildman–Crippen MR) is 36.2 cm³/mol. The van der Waals surface area contributed by atoms with Gasteiger partial charge in [-0.25, -0.2) is 9.18 Å². The van der Waals surface area contributed by atoms with Crippen molar-refractivity contribution in [1.82, 2.24) is 4.98 Å². The molecule has 4 nitrogen and oxygen atoms in total. The second kappa shape index (κ2) is 3.08. The molecule has 0 spiro atoms. The van der Waals surface area contributed by atoms with Crippen molar-refractivity contribution in [3.63, 3.8) is 0 Å². The molecule has 0 aliphatic carbocycles. The molecule has 5 heteroatoms. The summed E-state index contributed by atoms with van der Waals surface area (Å²) >= 11 is 0. The summed E-state index contributed by atoms with van der Waals surface area (Å²) in [5, 5.41) is 8.23. The van der Waals surface area contributed by atoms with Crippen molar-refractivity contribution >= 4 is 11.8 Å². The van der Waals surface area contributed by atoms with Crippen LogP contribution in [0, 0.1) is 5.82 Å². The number of rotatable bonds is 2. The smallest absolute Gasteiger partial charge is 0.377 e. The highest BCUT2D eigenvalue weighted by Gasteiger charge is 2.14.